The van der Waals surface area contributed by atoms with Crippen LogP contribution in [0.5, 0.6) is 0 Å². The van der Waals surface area contributed by atoms with Crippen LogP contribution in [-0.4, -0.2) is 27.8 Å². The molecule has 0 saturated heterocycles. The molecule has 1 aromatic carbocycles. The normalized spacial score (nSPS) is 11.7. The molecular weight excluding hydrogens is 308 g/mol. The minimum atomic E-state index is -0.809. The number of carbonyl (C=O) groups excluding carboxylic acids is 1. The van der Waals surface area contributed by atoms with Crippen LogP contribution in [-0.2, 0) is 0 Å². The highest BCUT2D eigenvalue weighted by atomic mass is 16.5. The summed E-state index contributed by atoms with van der Waals surface area (Å²) in [6.45, 7) is 0.0687. The Morgan fingerprint density at radius 3 is 2.67 bits per heavy atom. The van der Waals surface area contributed by atoms with E-state index in [1.165, 1.54) is 0 Å². The Balaban J connectivity index is 1.53. The van der Waals surface area contributed by atoms with Crippen LogP contribution in [0.25, 0.3) is 11.3 Å². The van der Waals surface area contributed by atoms with Gasteiger partial charge in [0.1, 0.15) is 0 Å². The molecule has 7 heteroatoms. The zero-order valence-corrected chi connectivity index (χ0v) is 12.7. The molecule has 1 unspecified atom stereocenters. The van der Waals surface area contributed by atoms with Crippen LogP contribution in [0.4, 0.5) is 10.6 Å². The van der Waals surface area contributed by atoms with Crippen LogP contribution < -0.4 is 10.6 Å². The summed E-state index contributed by atoms with van der Waals surface area (Å²) in [6.07, 6.45) is 2.36. The smallest absolute Gasteiger partial charge is 0.320 e. The summed E-state index contributed by atoms with van der Waals surface area (Å²) in [4.78, 5) is 15.7. The summed E-state index contributed by atoms with van der Waals surface area (Å²) >= 11 is 0. The molecule has 3 rings (SSSR count). The molecule has 0 aliphatic carbocycles. The molecule has 2 heterocycles. The second-order valence-corrected chi connectivity index (χ2v) is 5.07. The van der Waals surface area contributed by atoms with E-state index in [-0.39, 0.29) is 6.54 Å². The van der Waals surface area contributed by atoms with Gasteiger partial charge in [0, 0.05) is 30.6 Å². The van der Waals surface area contributed by atoms with Crippen molar-refractivity contribution in [1.29, 1.82) is 0 Å². The molecule has 24 heavy (non-hydrogen) atoms. The van der Waals surface area contributed by atoms with Crippen LogP contribution in [0.3, 0.4) is 0 Å². The minimum Gasteiger partial charge on any atom is -0.387 e. The average molecular weight is 324 g/mol. The number of carbonyl (C=O) groups is 1. The molecule has 3 aromatic rings. The molecule has 0 fully saturated rings. The number of benzene rings is 1. The van der Waals surface area contributed by atoms with Crippen molar-refractivity contribution < 1.29 is 14.4 Å². The Labute approximate surface area is 138 Å². The quantitative estimate of drug-likeness (QED) is 0.670. The third-order valence-electron chi connectivity index (χ3n) is 3.36. The molecule has 1 atom stereocenters. The lowest BCUT2D eigenvalue weighted by Gasteiger charge is -2.11. The molecule has 2 amide bonds. The van der Waals surface area contributed by atoms with Crippen molar-refractivity contribution in [2.45, 2.75) is 6.10 Å². The van der Waals surface area contributed by atoms with Crippen molar-refractivity contribution in [2.24, 2.45) is 0 Å². The SMILES string of the molecule is O=C(NCC(O)c1ccncc1)Nc1cc(-c2ccccc2)on1. The Hall–Kier alpha value is -3.19. The number of aliphatic hydroxyl groups excluding tert-OH is 1. The van der Waals surface area contributed by atoms with Gasteiger partial charge in [0.25, 0.3) is 0 Å². The number of amides is 2. The van der Waals surface area contributed by atoms with Crippen molar-refractivity contribution in [2.75, 3.05) is 11.9 Å². The maximum absolute atomic E-state index is 11.9. The lowest BCUT2D eigenvalue weighted by atomic mass is 10.1. The van der Waals surface area contributed by atoms with E-state index in [2.05, 4.69) is 20.8 Å². The van der Waals surface area contributed by atoms with Crippen molar-refractivity contribution in [3.63, 3.8) is 0 Å². The molecule has 122 valence electrons. The molecule has 0 spiro atoms. The van der Waals surface area contributed by atoms with E-state index in [9.17, 15) is 9.90 Å². The number of nitrogens with one attached hydrogen (secondary N) is 2. The topological polar surface area (TPSA) is 100 Å². The van der Waals surface area contributed by atoms with E-state index in [0.717, 1.165) is 5.56 Å². The van der Waals surface area contributed by atoms with E-state index in [1.807, 2.05) is 30.3 Å². The van der Waals surface area contributed by atoms with Crippen molar-refractivity contribution >= 4 is 11.8 Å². The highest BCUT2D eigenvalue weighted by Crippen LogP contribution is 2.21. The summed E-state index contributed by atoms with van der Waals surface area (Å²) < 4.78 is 5.20. The van der Waals surface area contributed by atoms with Gasteiger partial charge in [0.05, 0.1) is 6.10 Å². The summed E-state index contributed by atoms with van der Waals surface area (Å²) in [5, 5.41) is 18.9. The molecule has 0 aliphatic heterocycles. The number of rotatable bonds is 5. The van der Waals surface area contributed by atoms with E-state index in [0.29, 0.717) is 17.1 Å². The number of hydrogen-bond acceptors (Lipinski definition) is 5. The lowest BCUT2D eigenvalue weighted by Crippen LogP contribution is -2.32. The average Bonchev–Trinajstić information content (AvgIpc) is 3.09. The summed E-state index contributed by atoms with van der Waals surface area (Å²) in [5.41, 5.74) is 1.55. The van der Waals surface area contributed by atoms with Crippen LogP contribution in [0.1, 0.15) is 11.7 Å². The molecule has 0 bridgehead atoms. The Bertz CT molecular complexity index is 790. The molecule has 0 saturated carbocycles. The first-order valence-electron chi connectivity index (χ1n) is 7.37. The van der Waals surface area contributed by atoms with Gasteiger partial charge in [-0.05, 0) is 17.7 Å². The number of aliphatic hydroxyl groups is 1. The van der Waals surface area contributed by atoms with Crippen molar-refractivity contribution in [3.05, 3.63) is 66.5 Å². The van der Waals surface area contributed by atoms with E-state index in [1.54, 1.807) is 30.6 Å². The summed E-state index contributed by atoms with van der Waals surface area (Å²) in [7, 11) is 0. The molecule has 0 radical (unpaired) electrons. The van der Waals surface area contributed by atoms with Gasteiger partial charge in [-0.2, -0.15) is 0 Å². The maximum atomic E-state index is 11.9. The van der Waals surface area contributed by atoms with Gasteiger partial charge in [-0.15, -0.1) is 0 Å². The highest BCUT2D eigenvalue weighted by molar-refractivity contribution is 5.88. The van der Waals surface area contributed by atoms with Crippen LogP contribution >= 0.6 is 0 Å². The van der Waals surface area contributed by atoms with Gasteiger partial charge >= 0.3 is 6.03 Å². The second kappa shape index (κ2) is 7.38. The molecule has 7 nitrogen and oxygen atoms in total. The highest BCUT2D eigenvalue weighted by Gasteiger charge is 2.12. The maximum Gasteiger partial charge on any atom is 0.320 e. The molecular formula is C17H16N4O3. The zero-order valence-electron chi connectivity index (χ0n) is 12.7. The van der Waals surface area contributed by atoms with Gasteiger partial charge in [-0.3, -0.25) is 10.3 Å². The molecule has 3 N–H and O–H groups in total. The van der Waals surface area contributed by atoms with Crippen LogP contribution in [0.15, 0.2) is 65.4 Å². The van der Waals surface area contributed by atoms with Gasteiger partial charge in [-0.1, -0.05) is 35.5 Å². The Kier molecular flexibility index (Phi) is 4.83. The fourth-order valence-electron chi connectivity index (χ4n) is 2.13. The van der Waals surface area contributed by atoms with E-state index in [4.69, 9.17) is 4.52 Å². The lowest BCUT2D eigenvalue weighted by molar-refractivity contribution is 0.175. The van der Waals surface area contributed by atoms with Crippen LogP contribution in [0, 0.1) is 0 Å². The zero-order chi connectivity index (χ0) is 16.8. The Morgan fingerprint density at radius 1 is 1.17 bits per heavy atom. The monoisotopic (exact) mass is 324 g/mol. The third kappa shape index (κ3) is 3.96. The van der Waals surface area contributed by atoms with Gasteiger partial charge in [0.2, 0.25) is 0 Å². The van der Waals surface area contributed by atoms with E-state index < -0.39 is 12.1 Å². The number of aromatic nitrogens is 2. The predicted molar refractivity (Wildman–Crippen MR) is 88.2 cm³/mol. The van der Waals surface area contributed by atoms with Gasteiger partial charge < -0.3 is 14.9 Å². The van der Waals surface area contributed by atoms with Crippen molar-refractivity contribution in [1.82, 2.24) is 15.5 Å². The number of anilines is 1. The Morgan fingerprint density at radius 2 is 1.92 bits per heavy atom. The fourth-order valence-corrected chi connectivity index (χ4v) is 2.13. The molecule has 0 aliphatic rings. The first-order valence-corrected chi connectivity index (χ1v) is 7.37. The van der Waals surface area contributed by atoms with E-state index >= 15 is 0 Å². The van der Waals surface area contributed by atoms with Crippen LogP contribution in [0.2, 0.25) is 0 Å². The standard InChI is InChI=1S/C17H16N4O3/c22-14(12-6-8-18-9-7-12)11-19-17(23)20-16-10-15(24-21-16)13-4-2-1-3-5-13/h1-10,14,22H,11H2,(H2,19,20,21,23). The second-order valence-electron chi connectivity index (χ2n) is 5.07. The van der Waals surface area contributed by atoms with Gasteiger partial charge in [-0.25, -0.2) is 4.79 Å². The number of nitrogens with zero attached hydrogens (tertiary/aromatic N) is 2. The number of pyridine rings is 1. The minimum absolute atomic E-state index is 0.0687. The number of urea groups is 1. The van der Waals surface area contributed by atoms with Gasteiger partial charge in [0.15, 0.2) is 11.6 Å². The first kappa shape index (κ1) is 15.7. The van der Waals surface area contributed by atoms with Crippen molar-refractivity contribution in [3.8, 4) is 11.3 Å². The molecule has 2 aromatic heterocycles. The summed E-state index contributed by atoms with van der Waals surface area (Å²) in [6, 6.07) is 14.0. The summed E-state index contributed by atoms with van der Waals surface area (Å²) in [5.74, 6) is 0.854. The number of hydrogen-bond donors (Lipinski definition) is 3. The third-order valence-corrected chi connectivity index (χ3v) is 3.36. The predicted octanol–water partition coefficient (Wildman–Crippen LogP) is 2.59. The first-order chi connectivity index (χ1) is 11.7. The largest absolute Gasteiger partial charge is 0.387 e. The fraction of sp³-hybridized carbons (Fsp3) is 0.118.